The van der Waals surface area contributed by atoms with Gasteiger partial charge >= 0.3 is 11.9 Å². The molecule has 0 saturated carbocycles. The topological polar surface area (TPSA) is 96.7 Å². The van der Waals surface area contributed by atoms with Crippen molar-refractivity contribution in [3.8, 4) is 6.07 Å². The number of ether oxygens (including phenoxy) is 2. The lowest BCUT2D eigenvalue weighted by atomic mass is 9.87. The van der Waals surface area contributed by atoms with Gasteiger partial charge in [0.2, 0.25) is 0 Å². The zero-order valence-electron chi connectivity index (χ0n) is 18.3. The van der Waals surface area contributed by atoms with Crippen LogP contribution in [-0.4, -0.2) is 41.9 Å². The minimum atomic E-state index is -1.24. The van der Waals surface area contributed by atoms with E-state index in [1.807, 2.05) is 30.3 Å². The molecule has 0 saturated heterocycles. The van der Waals surface area contributed by atoms with Gasteiger partial charge in [-0.25, -0.2) is 9.59 Å². The molecule has 2 aromatic rings. The Bertz CT molecular complexity index is 1240. The van der Waals surface area contributed by atoms with E-state index in [0.717, 1.165) is 5.56 Å². The molecule has 1 aliphatic carbocycles. The van der Waals surface area contributed by atoms with Crippen molar-refractivity contribution in [2.45, 2.75) is 26.4 Å². The number of fused-ring (bicyclic) bond motifs is 3. The van der Waals surface area contributed by atoms with E-state index in [-0.39, 0.29) is 48.0 Å². The predicted molar refractivity (Wildman–Crippen MR) is 119 cm³/mol. The molecule has 7 heteroatoms. The molecular formula is C26H22N2O5. The number of carbonyl (C=O) groups excluding carboxylic acids is 3. The molecule has 1 aliphatic heterocycles. The second-order valence-electron chi connectivity index (χ2n) is 7.49. The highest BCUT2D eigenvalue weighted by Crippen LogP contribution is 2.46. The van der Waals surface area contributed by atoms with E-state index >= 15 is 0 Å². The molecule has 1 atom stereocenters. The van der Waals surface area contributed by atoms with Crippen molar-refractivity contribution in [3.63, 3.8) is 0 Å². The maximum Gasteiger partial charge on any atom is 0.337 e. The second-order valence-corrected chi connectivity index (χ2v) is 7.49. The maximum atomic E-state index is 13.4. The number of esters is 2. The number of benzene rings is 2. The Balaban J connectivity index is 2.03. The molecule has 0 fully saturated rings. The molecule has 0 spiro atoms. The normalized spacial score (nSPS) is 16.8. The number of rotatable bonds is 6. The van der Waals surface area contributed by atoms with Crippen LogP contribution in [0.15, 0.2) is 71.4 Å². The van der Waals surface area contributed by atoms with Crippen LogP contribution in [0.5, 0.6) is 0 Å². The number of hydrogen-bond acceptors (Lipinski definition) is 7. The summed E-state index contributed by atoms with van der Waals surface area (Å²) in [5, 5.41) is 10.1. The zero-order valence-corrected chi connectivity index (χ0v) is 18.3. The lowest BCUT2D eigenvalue weighted by molar-refractivity contribution is -0.151. The molecule has 2 aromatic carbocycles. The second kappa shape index (κ2) is 9.13. The van der Waals surface area contributed by atoms with Gasteiger partial charge in [0, 0.05) is 17.7 Å². The van der Waals surface area contributed by atoms with E-state index in [0.29, 0.717) is 11.1 Å². The fourth-order valence-electron chi connectivity index (χ4n) is 4.31. The van der Waals surface area contributed by atoms with Crippen LogP contribution < -0.4 is 0 Å². The van der Waals surface area contributed by atoms with E-state index in [4.69, 9.17) is 9.47 Å². The smallest absolute Gasteiger partial charge is 0.337 e. The van der Waals surface area contributed by atoms with Crippen LogP contribution in [0.3, 0.4) is 0 Å². The average Bonchev–Trinajstić information content (AvgIpc) is 3.11. The standard InChI is InChI=1S/C26H22N2O5/c1-3-32-25(30)22-20-17-12-8-9-13-18(17)24(29)21(20)19(14-27)28(23(22)26(31)33-4-2)15-16-10-6-5-7-11-16/h5-13,23H,3-4,15H2,1-2H3. The number of nitrogens with zero attached hydrogens (tertiary/aromatic N) is 2. The van der Waals surface area contributed by atoms with Crippen molar-refractivity contribution >= 4 is 23.3 Å². The quantitative estimate of drug-likeness (QED) is 0.633. The molecule has 166 valence electrons. The third-order valence-electron chi connectivity index (χ3n) is 5.60. The van der Waals surface area contributed by atoms with Crippen LogP contribution in [0.4, 0.5) is 0 Å². The molecule has 0 amide bonds. The first-order valence-electron chi connectivity index (χ1n) is 10.7. The van der Waals surface area contributed by atoms with E-state index in [1.54, 1.807) is 38.1 Å². The van der Waals surface area contributed by atoms with Crippen LogP contribution >= 0.6 is 0 Å². The molecule has 1 heterocycles. The summed E-state index contributed by atoms with van der Waals surface area (Å²) in [6.45, 7) is 3.63. The first-order valence-corrected chi connectivity index (χ1v) is 10.7. The van der Waals surface area contributed by atoms with E-state index in [1.165, 1.54) is 4.90 Å². The molecule has 0 radical (unpaired) electrons. The van der Waals surface area contributed by atoms with Crippen molar-refractivity contribution in [2.24, 2.45) is 0 Å². The maximum absolute atomic E-state index is 13.4. The lowest BCUT2D eigenvalue weighted by Gasteiger charge is -2.37. The fraction of sp³-hybridized carbons (Fsp3) is 0.231. The minimum absolute atomic E-state index is 0.0125. The van der Waals surface area contributed by atoms with Gasteiger partial charge in [-0.3, -0.25) is 4.79 Å². The summed E-state index contributed by atoms with van der Waals surface area (Å²) in [6, 6.07) is 16.9. The number of hydrogen-bond donors (Lipinski definition) is 0. The lowest BCUT2D eigenvalue weighted by Crippen LogP contribution is -2.47. The highest BCUT2D eigenvalue weighted by atomic mass is 16.5. The van der Waals surface area contributed by atoms with Gasteiger partial charge in [-0.05, 0) is 25.0 Å². The van der Waals surface area contributed by atoms with Gasteiger partial charge in [-0.2, -0.15) is 5.26 Å². The van der Waals surface area contributed by atoms with Crippen LogP contribution in [0.2, 0.25) is 0 Å². The molecule has 0 bridgehead atoms. The van der Waals surface area contributed by atoms with Crippen molar-refractivity contribution in [1.29, 1.82) is 5.26 Å². The number of ketones is 1. The summed E-state index contributed by atoms with van der Waals surface area (Å²) in [7, 11) is 0. The number of nitriles is 1. The van der Waals surface area contributed by atoms with Crippen molar-refractivity contribution in [2.75, 3.05) is 13.2 Å². The van der Waals surface area contributed by atoms with Gasteiger partial charge in [0.1, 0.15) is 11.8 Å². The van der Waals surface area contributed by atoms with Gasteiger partial charge in [-0.15, -0.1) is 0 Å². The number of allylic oxidation sites excluding steroid dienone is 3. The molecule has 0 aromatic heterocycles. The average molecular weight is 442 g/mol. The summed E-state index contributed by atoms with van der Waals surface area (Å²) in [6.07, 6.45) is 0. The molecule has 4 rings (SSSR count). The van der Waals surface area contributed by atoms with Crippen LogP contribution in [-0.2, 0) is 25.6 Å². The van der Waals surface area contributed by atoms with Crippen molar-refractivity contribution in [1.82, 2.24) is 4.90 Å². The Kier molecular flexibility index (Phi) is 6.09. The van der Waals surface area contributed by atoms with Gasteiger partial charge in [-0.1, -0.05) is 54.6 Å². The SMILES string of the molecule is CCOC(=O)C1=C2C(=C(C#N)N(Cc3ccccc3)C1C(=O)OCC)C(=O)c1ccccc12. The monoisotopic (exact) mass is 442 g/mol. The highest BCUT2D eigenvalue weighted by molar-refractivity contribution is 6.31. The van der Waals surface area contributed by atoms with Crippen molar-refractivity contribution in [3.05, 3.63) is 88.1 Å². The largest absolute Gasteiger partial charge is 0.464 e. The third kappa shape index (κ3) is 3.70. The summed E-state index contributed by atoms with van der Waals surface area (Å²) < 4.78 is 10.6. The third-order valence-corrected chi connectivity index (χ3v) is 5.60. The molecular weight excluding hydrogens is 420 g/mol. The molecule has 2 aliphatic rings. The van der Waals surface area contributed by atoms with E-state index < -0.39 is 18.0 Å². The molecule has 7 nitrogen and oxygen atoms in total. The number of carbonyl (C=O) groups is 3. The molecule has 0 N–H and O–H groups in total. The van der Waals surface area contributed by atoms with E-state index in [9.17, 15) is 19.6 Å². The molecule has 33 heavy (non-hydrogen) atoms. The van der Waals surface area contributed by atoms with Gasteiger partial charge in [0.25, 0.3) is 0 Å². The Hall–Kier alpha value is -4.18. The Labute approximate surface area is 191 Å². The Morgan fingerprint density at radius 1 is 0.939 bits per heavy atom. The van der Waals surface area contributed by atoms with Gasteiger partial charge < -0.3 is 14.4 Å². The van der Waals surface area contributed by atoms with Gasteiger partial charge in [0.15, 0.2) is 11.8 Å². The Morgan fingerprint density at radius 2 is 1.58 bits per heavy atom. The number of Topliss-reactive ketones (excluding diaryl/α,β-unsaturated/α-hetero) is 1. The fourth-order valence-corrected chi connectivity index (χ4v) is 4.31. The van der Waals surface area contributed by atoms with Crippen LogP contribution in [0, 0.1) is 11.3 Å². The Morgan fingerprint density at radius 3 is 2.21 bits per heavy atom. The first-order chi connectivity index (χ1) is 16.0. The predicted octanol–water partition coefficient (Wildman–Crippen LogP) is 3.42. The minimum Gasteiger partial charge on any atom is -0.464 e. The van der Waals surface area contributed by atoms with Crippen LogP contribution in [0.1, 0.15) is 35.3 Å². The molecule has 1 unspecified atom stereocenters. The highest BCUT2D eigenvalue weighted by Gasteiger charge is 2.49. The first kappa shape index (κ1) is 22.0. The summed E-state index contributed by atoms with van der Waals surface area (Å²) in [5.74, 6) is -1.77. The zero-order chi connectivity index (χ0) is 23.5. The summed E-state index contributed by atoms with van der Waals surface area (Å²) in [5.41, 5.74) is 2.10. The van der Waals surface area contributed by atoms with Gasteiger partial charge in [0.05, 0.1) is 24.4 Å². The summed E-state index contributed by atoms with van der Waals surface area (Å²) in [4.78, 5) is 41.3. The van der Waals surface area contributed by atoms with E-state index in [2.05, 4.69) is 6.07 Å². The van der Waals surface area contributed by atoms with Crippen LogP contribution in [0.25, 0.3) is 5.57 Å². The summed E-state index contributed by atoms with van der Waals surface area (Å²) >= 11 is 0. The van der Waals surface area contributed by atoms with Crippen molar-refractivity contribution < 1.29 is 23.9 Å².